The fourth-order valence-electron chi connectivity index (χ4n) is 5.12. The number of carboxylic acids is 1. The molecule has 14 nitrogen and oxygen atoms in total. The van der Waals surface area contributed by atoms with Gasteiger partial charge in [-0.3, -0.25) is 0 Å². The van der Waals surface area contributed by atoms with Crippen molar-refractivity contribution in [3.63, 3.8) is 0 Å². The molecule has 36 heavy (non-hydrogen) atoms. The van der Waals surface area contributed by atoms with Crippen molar-refractivity contribution in [2.75, 3.05) is 13.2 Å². The number of rotatable bonds is 6. The van der Waals surface area contributed by atoms with Gasteiger partial charge in [0.15, 0.2) is 12.4 Å². The first-order valence-corrected chi connectivity index (χ1v) is 11.9. The molecule has 14 atom stereocenters. The van der Waals surface area contributed by atoms with Gasteiger partial charge in [-0.2, -0.15) is 0 Å². The average Bonchev–Trinajstić information content (AvgIpc) is 2.80. The van der Waals surface area contributed by atoms with Gasteiger partial charge in [-0.25, -0.2) is 4.79 Å². The summed E-state index contributed by atoms with van der Waals surface area (Å²) in [6.45, 7) is 4.19. The van der Waals surface area contributed by atoms with Crippen molar-refractivity contribution in [2.24, 2.45) is 11.3 Å². The summed E-state index contributed by atoms with van der Waals surface area (Å²) < 4.78 is 22.5. The van der Waals surface area contributed by atoms with Crippen molar-refractivity contribution < 1.29 is 69.7 Å². The molecule has 210 valence electrons. The molecule has 0 aromatic heterocycles. The van der Waals surface area contributed by atoms with Crippen LogP contribution in [-0.2, 0) is 23.7 Å². The van der Waals surface area contributed by atoms with Gasteiger partial charge in [0, 0.05) is 5.92 Å². The summed E-state index contributed by atoms with van der Waals surface area (Å²) in [5, 5.41) is 91.2. The molecule has 0 radical (unpaired) electrons. The Morgan fingerprint density at radius 2 is 1.47 bits per heavy atom. The lowest BCUT2D eigenvalue weighted by Gasteiger charge is -2.51. The molecule has 5 unspecified atom stereocenters. The maximum absolute atomic E-state index is 11.9. The highest BCUT2D eigenvalue weighted by molar-refractivity contribution is 5.73. The van der Waals surface area contributed by atoms with E-state index in [4.69, 9.17) is 18.9 Å². The number of aliphatic hydroxyl groups excluding tert-OH is 8. The number of hydrogen-bond donors (Lipinski definition) is 9. The monoisotopic (exact) mass is 526 g/mol. The summed E-state index contributed by atoms with van der Waals surface area (Å²) >= 11 is 0. The SMILES string of the molecule is CC(C)(C)[C@@H]1OC(C(=O)O)[C@@H](O)C(O[C@@H]2OC[C@@H](O)[C@H](O)C2O)[C@@H]1C[C@@H]1OC(CO)[C@H](O)[C@H](O)C1O. The second-order valence-corrected chi connectivity index (χ2v) is 10.8. The van der Waals surface area contributed by atoms with Crippen LogP contribution in [0.4, 0.5) is 0 Å². The minimum atomic E-state index is -1.80. The van der Waals surface area contributed by atoms with Gasteiger partial charge in [-0.1, -0.05) is 20.8 Å². The van der Waals surface area contributed by atoms with E-state index in [1.54, 1.807) is 20.8 Å². The van der Waals surface area contributed by atoms with Crippen LogP contribution in [0.25, 0.3) is 0 Å². The molecule has 14 heteroatoms. The first-order chi connectivity index (χ1) is 16.7. The largest absolute Gasteiger partial charge is 0.479 e. The number of ether oxygens (including phenoxy) is 4. The van der Waals surface area contributed by atoms with Gasteiger partial charge in [0.2, 0.25) is 0 Å². The van der Waals surface area contributed by atoms with Crippen LogP contribution < -0.4 is 0 Å². The Morgan fingerprint density at radius 3 is 2.03 bits per heavy atom. The van der Waals surface area contributed by atoms with Crippen molar-refractivity contribution in [2.45, 2.75) is 107 Å². The highest BCUT2D eigenvalue weighted by Crippen LogP contribution is 2.42. The Kier molecular flexibility index (Phi) is 9.35. The lowest BCUT2D eigenvalue weighted by molar-refractivity contribution is -0.324. The first kappa shape index (κ1) is 29.5. The van der Waals surface area contributed by atoms with E-state index in [0.717, 1.165) is 0 Å². The second-order valence-electron chi connectivity index (χ2n) is 10.8. The Labute approximate surface area is 207 Å². The van der Waals surface area contributed by atoms with Crippen LogP contribution in [-0.4, -0.2) is 145 Å². The van der Waals surface area contributed by atoms with E-state index in [1.807, 2.05) is 0 Å². The Bertz CT molecular complexity index is 743. The van der Waals surface area contributed by atoms with Crippen LogP contribution in [0.5, 0.6) is 0 Å². The molecule has 3 rings (SSSR count). The van der Waals surface area contributed by atoms with Crippen molar-refractivity contribution in [1.29, 1.82) is 0 Å². The quantitative estimate of drug-likeness (QED) is 0.160. The molecule has 3 saturated heterocycles. The van der Waals surface area contributed by atoms with Crippen LogP contribution in [0, 0.1) is 11.3 Å². The van der Waals surface area contributed by atoms with Crippen molar-refractivity contribution in [1.82, 2.24) is 0 Å². The fraction of sp³-hybridized carbons (Fsp3) is 0.955. The van der Waals surface area contributed by atoms with Crippen LogP contribution in [0.2, 0.25) is 0 Å². The van der Waals surface area contributed by atoms with Gasteiger partial charge in [0.25, 0.3) is 0 Å². The maximum atomic E-state index is 11.9. The molecular formula is C22H38O14. The number of aliphatic hydroxyl groups is 8. The summed E-state index contributed by atoms with van der Waals surface area (Å²) in [5.41, 5.74) is -0.754. The zero-order chi connectivity index (χ0) is 27.1. The minimum Gasteiger partial charge on any atom is -0.479 e. The number of carbonyl (C=O) groups is 1. The van der Waals surface area contributed by atoms with E-state index in [2.05, 4.69) is 0 Å². The molecule has 0 aromatic carbocycles. The number of aliphatic carboxylic acids is 1. The average molecular weight is 527 g/mol. The predicted octanol–water partition coefficient (Wildman–Crippen LogP) is -4.08. The summed E-state index contributed by atoms with van der Waals surface area (Å²) in [5.74, 6) is -2.41. The van der Waals surface area contributed by atoms with E-state index in [0.29, 0.717) is 0 Å². The molecule has 3 heterocycles. The Hall–Kier alpha value is -1.01. The van der Waals surface area contributed by atoms with E-state index in [-0.39, 0.29) is 6.42 Å². The highest BCUT2D eigenvalue weighted by Gasteiger charge is 2.55. The van der Waals surface area contributed by atoms with Crippen LogP contribution in [0.15, 0.2) is 0 Å². The third-order valence-corrected chi connectivity index (χ3v) is 7.09. The van der Waals surface area contributed by atoms with Gasteiger partial charge in [0.1, 0.15) is 48.8 Å². The lowest BCUT2D eigenvalue weighted by Crippen LogP contribution is -2.65. The molecule has 0 aliphatic carbocycles. The fourth-order valence-corrected chi connectivity index (χ4v) is 5.12. The van der Waals surface area contributed by atoms with Gasteiger partial charge in [-0.15, -0.1) is 0 Å². The Morgan fingerprint density at radius 1 is 0.861 bits per heavy atom. The summed E-state index contributed by atoms with van der Waals surface area (Å²) in [7, 11) is 0. The minimum absolute atomic E-state index is 0.189. The van der Waals surface area contributed by atoms with Crippen LogP contribution in [0.1, 0.15) is 27.2 Å². The van der Waals surface area contributed by atoms with Gasteiger partial charge < -0.3 is 64.9 Å². The smallest absolute Gasteiger partial charge is 0.335 e. The molecule has 0 amide bonds. The van der Waals surface area contributed by atoms with Crippen LogP contribution in [0.3, 0.4) is 0 Å². The number of hydrogen-bond acceptors (Lipinski definition) is 13. The zero-order valence-electron chi connectivity index (χ0n) is 20.3. The maximum Gasteiger partial charge on any atom is 0.335 e. The van der Waals surface area contributed by atoms with E-state index in [1.165, 1.54) is 0 Å². The third-order valence-electron chi connectivity index (χ3n) is 7.09. The van der Waals surface area contributed by atoms with Crippen molar-refractivity contribution >= 4 is 5.97 Å². The Balaban J connectivity index is 1.96. The summed E-state index contributed by atoms with van der Waals surface area (Å²) in [6, 6.07) is 0. The predicted molar refractivity (Wildman–Crippen MR) is 116 cm³/mol. The standard InChI is InChI=1S/C22H38O14/c1-22(2,3)19-7(4-9-12(26)14(28)13(27)10(5-23)34-9)17(16(30)18(35-19)20(31)32)36-21-15(29)11(25)8(24)6-33-21/h7-19,21,23-30H,4-6H2,1-3H3,(H,31,32)/t7-,8+,9-,10?,11-,12?,13-,14+,15?,16-,17?,18?,19+,21-/m0/s1. The number of carboxylic acid groups (broad SMARTS) is 1. The highest BCUT2D eigenvalue weighted by atomic mass is 16.7. The third kappa shape index (κ3) is 5.85. The molecule has 3 fully saturated rings. The van der Waals surface area contributed by atoms with Gasteiger partial charge in [-0.05, 0) is 11.8 Å². The molecule has 0 spiro atoms. The van der Waals surface area contributed by atoms with Crippen molar-refractivity contribution in [3.05, 3.63) is 0 Å². The van der Waals surface area contributed by atoms with E-state index in [9.17, 15) is 50.8 Å². The first-order valence-electron chi connectivity index (χ1n) is 11.9. The van der Waals surface area contributed by atoms with Crippen LogP contribution >= 0.6 is 0 Å². The van der Waals surface area contributed by atoms with E-state index < -0.39 is 110 Å². The normalized spacial score (nSPS) is 48.5. The molecule has 0 saturated carbocycles. The molecule has 3 aliphatic rings. The summed E-state index contributed by atoms with van der Waals surface area (Å²) in [4.78, 5) is 11.9. The molecule has 0 bridgehead atoms. The second kappa shape index (κ2) is 11.4. The topological polar surface area (TPSA) is 236 Å². The zero-order valence-corrected chi connectivity index (χ0v) is 20.3. The molecule has 3 aliphatic heterocycles. The molecule has 9 N–H and O–H groups in total. The van der Waals surface area contributed by atoms with Gasteiger partial charge >= 0.3 is 5.97 Å². The lowest BCUT2D eigenvalue weighted by atomic mass is 9.71. The van der Waals surface area contributed by atoms with Gasteiger partial charge in [0.05, 0.1) is 31.5 Å². The summed E-state index contributed by atoms with van der Waals surface area (Å²) in [6.07, 6.45) is -19.6. The molecule has 0 aromatic rings. The molecular weight excluding hydrogens is 488 g/mol. The van der Waals surface area contributed by atoms with E-state index >= 15 is 0 Å². The van der Waals surface area contributed by atoms with Crippen molar-refractivity contribution in [3.8, 4) is 0 Å².